The van der Waals surface area contributed by atoms with Gasteiger partial charge in [-0.25, -0.2) is 17.7 Å². The molecule has 1 amide bonds. The summed E-state index contributed by atoms with van der Waals surface area (Å²) in [5.74, 6) is 0.434. The number of aromatic nitrogens is 2. The summed E-state index contributed by atoms with van der Waals surface area (Å²) < 4.78 is 31.5. The minimum atomic E-state index is -3.24. The zero-order valence-electron chi connectivity index (χ0n) is 19.7. The number of carbonyl (C=O) groups excluding carboxylic acids is 1. The van der Waals surface area contributed by atoms with Crippen molar-refractivity contribution in [2.24, 2.45) is 5.41 Å². The molecule has 0 bridgehead atoms. The first-order valence-electron chi connectivity index (χ1n) is 11.5. The maximum Gasteiger partial charge on any atom is 0.259 e. The highest BCUT2D eigenvalue weighted by molar-refractivity contribution is 7.89. The van der Waals surface area contributed by atoms with E-state index in [2.05, 4.69) is 30.9 Å². The van der Waals surface area contributed by atoms with Crippen LogP contribution in [0.4, 0.5) is 0 Å². The van der Waals surface area contributed by atoms with E-state index in [0.29, 0.717) is 49.5 Å². The second kappa shape index (κ2) is 8.41. The number of rotatable bonds is 6. The summed E-state index contributed by atoms with van der Waals surface area (Å²) in [6.45, 7) is 9.10. The molecule has 0 unspecified atom stereocenters. The van der Waals surface area contributed by atoms with Crippen molar-refractivity contribution in [2.75, 3.05) is 25.9 Å². The minimum absolute atomic E-state index is 0.00696. The number of amides is 1. The van der Waals surface area contributed by atoms with Gasteiger partial charge in [-0.15, -0.1) is 0 Å². The van der Waals surface area contributed by atoms with Gasteiger partial charge in [-0.3, -0.25) is 4.79 Å². The molecule has 1 aliphatic carbocycles. The summed E-state index contributed by atoms with van der Waals surface area (Å²) in [7, 11) is -1.60. The van der Waals surface area contributed by atoms with Gasteiger partial charge in [0.05, 0.1) is 22.4 Å². The molecular formula is C23H34N4O4S. The Kier molecular flexibility index (Phi) is 6.09. The maximum absolute atomic E-state index is 13.7. The summed E-state index contributed by atoms with van der Waals surface area (Å²) >= 11 is 0. The molecule has 1 aliphatic heterocycles. The second-order valence-electron chi connectivity index (χ2n) is 10.4. The first kappa shape index (κ1) is 23.2. The number of hydrogen-bond acceptors (Lipinski definition) is 6. The van der Waals surface area contributed by atoms with Gasteiger partial charge in [-0.05, 0) is 50.5 Å². The molecule has 9 heteroatoms. The lowest BCUT2D eigenvalue weighted by Gasteiger charge is -2.36. The Morgan fingerprint density at radius 1 is 1.22 bits per heavy atom. The predicted octanol–water partition coefficient (Wildman–Crippen LogP) is 3.57. The smallest absolute Gasteiger partial charge is 0.259 e. The lowest BCUT2D eigenvalue weighted by atomic mass is 9.89. The van der Waals surface area contributed by atoms with Gasteiger partial charge in [0.1, 0.15) is 0 Å². The van der Waals surface area contributed by atoms with Gasteiger partial charge in [-0.2, -0.15) is 0 Å². The van der Waals surface area contributed by atoms with E-state index in [9.17, 15) is 13.2 Å². The monoisotopic (exact) mass is 462 g/mol. The molecule has 4 rings (SSSR count). The molecule has 0 spiro atoms. The van der Waals surface area contributed by atoms with Crippen LogP contribution in [-0.2, 0) is 16.4 Å². The second-order valence-corrected chi connectivity index (χ2v) is 12.7. The molecule has 0 aromatic carbocycles. The normalized spacial score (nSPS) is 18.6. The standard InChI is InChI=1S/C23H34N4O4S/c1-6-32(29,30)26(5)16-9-11-27(12-10-16)22(28)17-13-18(15-7-8-15)24-21-20(17)19(25-31-21)14-23(2,3)4/h13,15-16H,6-12,14H2,1-5H3. The fraction of sp³-hybridized carbons (Fsp3) is 0.696. The highest BCUT2D eigenvalue weighted by Crippen LogP contribution is 2.41. The Morgan fingerprint density at radius 2 is 1.88 bits per heavy atom. The van der Waals surface area contributed by atoms with Gasteiger partial charge in [0.25, 0.3) is 11.6 Å². The fourth-order valence-corrected chi connectivity index (χ4v) is 5.52. The Balaban J connectivity index is 1.61. The van der Waals surface area contributed by atoms with Crippen molar-refractivity contribution in [1.29, 1.82) is 0 Å². The number of nitrogens with zero attached hydrogens (tertiary/aromatic N) is 4. The van der Waals surface area contributed by atoms with Crippen LogP contribution >= 0.6 is 0 Å². The van der Waals surface area contributed by atoms with Crippen LogP contribution < -0.4 is 0 Å². The molecule has 3 heterocycles. The third-order valence-corrected chi connectivity index (χ3v) is 8.44. The van der Waals surface area contributed by atoms with Gasteiger partial charge in [-0.1, -0.05) is 25.9 Å². The summed E-state index contributed by atoms with van der Waals surface area (Å²) in [6, 6.07) is 1.86. The summed E-state index contributed by atoms with van der Waals surface area (Å²) in [5.41, 5.74) is 2.73. The zero-order chi connectivity index (χ0) is 23.3. The number of carbonyl (C=O) groups is 1. The van der Waals surface area contributed by atoms with E-state index >= 15 is 0 Å². The number of pyridine rings is 1. The van der Waals surface area contributed by atoms with E-state index in [-0.39, 0.29) is 23.1 Å². The van der Waals surface area contributed by atoms with Crippen LogP contribution in [-0.4, -0.2) is 65.6 Å². The quantitative estimate of drug-likeness (QED) is 0.651. The summed E-state index contributed by atoms with van der Waals surface area (Å²) in [6.07, 6.45) is 4.11. The van der Waals surface area contributed by atoms with E-state index in [1.54, 1.807) is 14.0 Å². The fourth-order valence-electron chi connectivity index (χ4n) is 4.44. The molecule has 1 saturated carbocycles. The van der Waals surface area contributed by atoms with Gasteiger partial charge >= 0.3 is 0 Å². The van der Waals surface area contributed by atoms with Crippen LogP contribution in [0.3, 0.4) is 0 Å². The number of fused-ring (bicyclic) bond motifs is 1. The number of likely N-dealkylation sites (tertiary alicyclic amines) is 1. The van der Waals surface area contributed by atoms with Crippen LogP contribution in [0.5, 0.6) is 0 Å². The molecule has 2 fully saturated rings. The van der Waals surface area contributed by atoms with Crippen LogP contribution in [0.1, 0.15) is 81.0 Å². The number of sulfonamides is 1. The first-order valence-corrected chi connectivity index (χ1v) is 13.2. The molecule has 8 nitrogen and oxygen atoms in total. The molecule has 2 aromatic rings. The van der Waals surface area contributed by atoms with Crippen molar-refractivity contribution in [3.05, 3.63) is 23.0 Å². The topological polar surface area (TPSA) is 96.6 Å². The molecular weight excluding hydrogens is 428 g/mol. The summed E-state index contributed by atoms with van der Waals surface area (Å²) in [4.78, 5) is 20.2. The Hall–Kier alpha value is -2.00. The van der Waals surface area contributed by atoms with E-state index in [1.165, 1.54) is 4.31 Å². The van der Waals surface area contributed by atoms with Crippen LogP contribution in [0.2, 0.25) is 0 Å². The van der Waals surface area contributed by atoms with Crippen molar-refractivity contribution in [3.8, 4) is 0 Å². The molecule has 2 aromatic heterocycles. The molecule has 2 aliphatic rings. The van der Waals surface area contributed by atoms with Gasteiger partial charge in [0.2, 0.25) is 10.0 Å². The number of piperidine rings is 1. The Morgan fingerprint density at radius 3 is 2.44 bits per heavy atom. The largest absolute Gasteiger partial charge is 0.339 e. The third kappa shape index (κ3) is 4.69. The Bertz CT molecular complexity index is 1110. The van der Waals surface area contributed by atoms with Crippen LogP contribution in [0, 0.1) is 5.41 Å². The average molecular weight is 463 g/mol. The molecule has 0 atom stereocenters. The SMILES string of the molecule is CCS(=O)(=O)N(C)C1CCN(C(=O)c2cc(C3CC3)nc3onc(CC(C)(C)C)c23)CC1. The minimum Gasteiger partial charge on any atom is -0.339 e. The highest BCUT2D eigenvalue weighted by Gasteiger charge is 2.34. The molecule has 0 N–H and O–H groups in total. The Labute approximate surface area is 190 Å². The van der Waals surface area contributed by atoms with Crippen molar-refractivity contribution in [3.63, 3.8) is 0 Å². The van der Waals surface area contributed by atoms with Gasteiger partial charge in [0, 0.05) is 37.8 Å². The van der Waals surface area contributed by atoms with Crippen LogP contribution in [0.25, 0.3) is 11.1 Å². The maximum atomic E-state index is 13.7. The average Bonchev–Trinajstić information content (AvgIpc) is 3.53. The molecule has 0 radical (unpaired) electrons. The lowest BCUT2D eigenvalue weighted by Crippen LogP contribution is -2.47. The van der Waals surface area contributed by atoms with Gasteiger partial charge in [0.15, 0.2) is 0 Å². The molecule has 32 heavy (non-hydrogen) atoms. The van der Waals surface area contributed by atoms with Crippen molar-refractivity contribution in [2.45, 2.75) is 71.8 Å². The predicted molar refractivity (Wildman–Crippen MR) is 123 cm³/mol. The number of hydrogen-bond donors (Lipinski definition) is 0. The van der Waals surface area contributed by atoms with Crippen molar-refractivity contribution < 1.29 is 17.7 Å². The third-order valence-electron chi connectivity index (χ3n) is 6.53. The molecule has 1 saturated heterocycles. The lowest BCUT2D eigenvalue weighted by molar-refractivity contribution is 0.0687. The molecule has 176 valence electrons. The van der Waals surface area contributed by atoms with Crippen LogP contribution in [0.15, 0.2) is 10.6 Å². The summed E-state index contributed by atoms with van der Waals surface area (Å²) in [5, 5.41) is 5.00. The van der Waals surface area contributed by atoms with E-state index in [1.807, 2.05) is 11.0 Å². The van der Waals surface area contributed by atoms with E-state index < -0.39 is 10.0 Å². The highest BCUT2D eigenvalue weighted by atomic mass is 32.2. The zero-order valence-corrected chi connectivity index (χ0v) is 20.5. The van der Waals surface area contributed by atoms with Gasteiger partial charge < -0.3 is 9.42 Å². The van der Waals surface area contributed by atoms with E-state index in [4.69, 9.17) is 4.52 Å². The first-order chi connectivity index (χ1) is 15.0. The van der Waals surface area contributed by atoms with Crippen molar-refractivity contribution >= 4 is 27.0 Å². The van der Waals surface area contributed by atoms with Crippen molar-refractivity contribution in [1.82, 2.24) is 19.3 Å². The van der Waals surface area contributed by atoms with E-state index in [0.717, 1.165) is 29.6 Å².